The van der Waals surface area contributed by atoms with Crippen molar-refractivity contribution in [3.05, 3.63) is 34.7 Å². The molecule has 6 heteroatoms. The molecule has 4 nitrogen and oxygen atoms in total. The molecule has 0 N–H and O–H groups in total. The van der Waals surface area contributed by atoms with Crippen LogP contribution in [0.3, 0.4) is 0 Å². The van der Waals surface area contributed by atoms with Crippen LogP contribution in [-0.2, 0) is 9.47 Å². The van der Waals surface area contributed by atoms with E-state index in [0.29, 0.717) is 23.5 Å². The van der Waals surface area contributed by atoms with E-state index >= 15 is 0 Å². The number of hydrogen-bond acceptors (Lipinski definition) is 4. The first-order chi connectivity index (χ1) is 8.19. The van der Waals surface area contributed by atoms with Gasteiger partial charge in [-0.3, -0.25) is 0 Å². The zero-order valence-electron chi connectivity index (χ0n) is 10.9. The van der Waals surface area contributed by atoms with Crippen LogP contribution in [0.5, 0.6) is 0 Å². The maximum absolute atomic E-state index is 11.9. The molecule has 18 heavy (non-hydrogen) atoms. The summed E-state index contributed by atoms with van der Waals surface area (Å²) in [6.45, 7) is 4.78. The predicted octanol–water partition coefficient (Wildman–Crippen LogP) is -0.637. The van der Waals surface area contributed by atoms with Gasteiger partial charge < -0.3 is 19.0 Å². The van der Waals surface area contributed by atoms with Crippen molar-refractivity contribution in [2.75, 3.05) is 13.2 Å². The molecule has 0 saturated heterocycles. The molecule has 0 aliphatic heterocycles. The zero-order valence-corrected chi connectivity index (χ0v) is 12.5. The van der Waals surface area contributed by atoms with Gasteiger partial charge in [0.15, 0.2) is 6.29 Å². The van der Waals surface area contributed by atoms with Crippen LogP contribution >= 0.6 is 15.9 Å². The Morgan fingerprint density at radius 2 is 2.06 bits per heavy atom. The van der Waals surface area contributed by atoms with Gasteiger partial charge in [0.05, 0.1) is 12.0 Å². The van der Waals surface area contributed by atoms with Crippen LogP contribution in [0.4, 0.5) is 0 Å². The first-order valence-electron chi connectivity index (χ1n) is 5.48. The van der Waals surface area contributed by atoms with Crippen LogP contribution in [0.15, 0.2) is 33.4 Å². The minimum atomic E-state index is -1.09. The topological polar surface area (TPSA) is 54.7 Å². The Morgan fingerprint density at radius 3 is 2.50 bits per heavy atom. The molecule has 0 aromatic carbocycles. The van der Waals surface area contributed by atoms with Gasteiger partial charge in [0, 0.05) is 13.2 Å². The molecule has 0 saturated carbocycles. The van der Waals surface area contributed by atoms with E-state index in [2.05, 4.69) is 15.9 Å². The standard InChI is InChI=1S/C12H16BrO4.Li/c1-3-15-11(16-4-2)8-9(13)12(14)10-6-5-7-17-10;/h5-8,11-12H,3-4H2,1-2H3;/q-1;+1. The van der Waals surface area contributed by atoms with Gasteiger partial charge in [-0.25, -0.2) is 0 Å². The van der Waals surface area contributed by atoms with Crippen LogP contribution in [0.25, 0.3) is 0 Å². The smallest absolute Gasteiger partial charge is 0.842 e. The monoisotopic (exact) mass is 310 g/mol. The molecule has 0 radical (unpaired) electrons. The van der Waals surface area contributed by atoms with Crippen LogP contribution in [0.1, 0.15) is 25.7 Å². The third kappa shape index (κ3) is 5.74. The van der Waals surface area contributed by atoms with Crippen molar-refractivity contribution < 1.29 is 37.9 Å². The maximum atomic E-state index is 11.9. The largest absolute Gasteiger partial charge is 1.00 e. The summed E-state index contributed by atoms with van der Waals surface area (Å²) >= 11 is 3.23. The van der Waals surface area contributed by atoms with Crippen LogP contribution in [0, 0.1) is 0 Å². The molecule has 1 aromatic heterocycles. The van der Waals surface area contributed by atoms with Gasteiger partial charge in [-0.05, 0) is 42.6 Å². The molecular weight excluding hydrogens is 295 g/mol. The van der Waals surface area contributed by atoms with Gasteiger partial charge in [0.1, 0.15) is 0 Å². The summed E-state index contributed by atoms with van der Waals surface area (Å²) in [6, 6.07) is 3.33. The molecule has 1 heterocycles. The van der Waals surface area contributed by atoms with Crippen LogP contribution in [-0.4, -0.2) is 19.5 Å². The summed E-state index contributed by atoms with van der Waals surface area (Å²) in [6.07, 6.45) is 1.50. The Bertz CT molecular complexity index is 334. The molecule has 0 bridgehead atoms. The number of halogens is 1. The van der Waals surface area contributed by atoms with Gasteiger partial charge in [-0.2, -0.15) is 0 Å². The SMILES string of the molecule is CCOC(C=C(Br)C([O-])c1ccco1)OCC.[Li+]. The van der Waals surface area contributed by atoms with Gasteiger partial charge in [0.2, 0.25) is 0 Å². The fraction of sp³-hybridized carbons (Fsp3) is 0.500. The van der Waals surface area contributed by atoms with Crippen LogP contribution in [0.2, 0.25) is 0 Å². The van der Waals surface area contributed by atoms with Crippen molar-refractivity contribution in [3.63, 3.8) is 0 Å². The van der Waals surface area contributed by atoms with E-state index in [1.54, 1.807) is 18.2 Å². The first kappa shape index (κ1) is 18.0. The summed E-state index contributed by atoms with van der Waals surface area (Å²) in [5, 5.41) is 11.9. The minimum absolute atomic E-state index is 0. The molecule has 0 spiro atoms. The summed E-state index contributed by atoms with van der Waals surface area (Å²) in [4.78, 5) is 0. The van der Waals surface area contributed by atoms with Gasteiger partial charge in [0.25, 0.3) is 0 Å². The second kappa shape index (κ2) is 9.85. The average molecular weight is 311 g/mol. The van der Waals surface area contributed by atoms with Crippen molar-refractivity contribution in [2.24, 2.45) is 0 Å². The fourth-order valence-electron chi connectivity index (χ4n) is 1.27. The summed E-state index contributed by atoms with van der Waals surface area (Å²) in [7, 11) is 0. The fourth-order valence-corrected chi connectivity index (χ4v) is 1.71. The summed E-state index contributed by atoms with van der Waals surface area (Å²) < 4.78 is 16.1. The average Bonchev–Trinajstić information content (AvgIpc) is 2.82. The third-order valence-corrected chi connectivity index (χ3v) is 2.69. The number of ether oxygens (including phenoxy) is 2. The van der Waals surface area contributed by atoms with Crippen molar-refractivity contribution in [2.45, 2.75) is 26.2 Å². The van der Waals surface area contributed by atoms with Gasteiger partial charge >= 0.3 is 18.9 Å². The third-order valence-electron chi connectivity index (χ3n) is 2.01. The Hall–Kier alpha value is -0.0226. The normalized spacial score (nSPS) is 13.5. The molecule has 0 fully saturated rings. The number of hydrogen-bond donors (Lipinski definition) is 0. The van der Waals surface area contributed by atoms with E-state index < -0.39 is 12.4 Å². The molecule has 1 aromatic rings. The number of furan rings is 1. The molecule has 1 atom stereocenters. The molecule has 1 rings (SSSR count). The molecule has 0 amide bonds. The predicted molar refractivity (Wildman–Crippen MR) is 65.5 cm³/mol. The summed E-state index contributed by atoms with van der Waals surface area (Å²) in [5.74, 6) is 0.361. The van der Waals surface area contributed by atoms with Crippen molar-refractivity contribution in [1.82, 2.24) is 0 Å². The molecule has 0 aliphatic carbocycles. The number of rotatable bonds is 7. The Balaban J connectivity index is 0.00000289. The molecule has 1 unspecified atom stereocenters. The zero-order chi connectivity index (χ0) is 12.7. The van der Waals surface area contributed by atoms with E-state index in [4.69, 9.17) is 13.9 Å². The Morgan fingerprint density at radius 1 is 1.44 bits per heavy atom. The van der Waals surface area contributed by atoms with Crippen LogP contribution < -0.4 is 24.0 Å². The van der Waals surface area contributed by atoms with Crippen molar-refractivity contribution >= 4 is 15.9 Å². The van der Waals surface area contributed by atoms with Gasteiger partial charge in [-0.15, -0.1) is 0 Å². The van der Waals surface area contributed by atoms with E-state index in [9.17, 15) is 5.11 Å². The molecule has 0 aliphatic rings. The van der Waals surface area contributed by atoms with E-state index in [-0.39, 0.29) is 18.9 Å². The second-order valence-corrected chi connectivity index (χ2v) is 4.14. The quantitative estimate of drug-likeness (QED) is 0.497. The second-order valence-electron chi connectivity index (χ2n) is 3.23. The van der Waals surface area contributed by atoms with Crippen molar-refractivity contribution in [1.29, 1.82) is 0 Å². The van der Waals surface area contributed by atoms with E-state index in [1.807, 2.05) is 13.8 Å². The Labute approximate surface area is 128 Å². The van der Waals surface area contributed by atoms with Crippen molar-refractivity contribution in [3.8, 4) is 0 Å². The summed E-state index contributed by atoms with van der Waals surface area (Å²) in [5.41, 5.74) is 0. The maximum Gasteiger partial charge on any atom is 1.00 e. The molecule has 96 valence electrons. The van der Waals surface area contributed by atoms with E-state index in [0.717, 1.165) is 0 Å². The first-order valence-corrected chi connectivity index (χ1v) is 6.28. The minimum Gasteiger partial charge on any atom is -0.842 e. The Kier molecular flexibility index (Phi) is 9.84. The van der Waals surface area contributed by atoms with Gasteiger partial charge in [-0.1, -0.05) is 15.9 Å². The molecular formula is C12H16BrLiO4. The van der Waals surface area contributed by atoms with E-state index in [1.165, 1.54) is 6.26 Å².